The van der Waals surface area contributed by atoms with Gasteiger partial charge in [0.1, 0.15) is 11.6 Å². The SMILES string of the molecule is Cc1nc(CNC(=O)c2cn[nH]c2-c2cccc(F)c2)nc2c1CCCC2. The average Bonchev–Trinajstić information content (AvgIpc) is 3.16. The van der Waals surface area contributed by atoms with Crippen LogP contribution in [0, 0.1) is 12.7 Å². The van der Waals surface area contributed by atoms with Crippen molar-refractivity contribution in [3.8, 4) is 11.3 Å². The lowest BCUT2D eigenvalue weighted by Crippen LogP contribution is -2.25. The van der Waals surface area contributed by atoms with Crippen LogP contribution in [0.3, 0.4) is 0 Å². The summed E-state index contributed by atoms with van der Waals surface area (Å²) in [6, 6.07) is 6.04. The Morgan fingerprint density at radius 1 is 1.26 bits per heavy atom. The molecule has 4 rings (SSSR count). The number of aryl methyl sites for hydroxylation is 2. The molecule has 0 saturated heterocycles. The van der Waals surface area contributed by atoms with E-state index in [1.54, 1.807) is 12.1 Å². The minimum atomic E-state index is -0.369. The number of benzene rings is 1. The quantitative estimate of drug-likeness (QED) is 0.744. The standard InChI is InChI=1S/C20H20FN5O/c1-12-15-7-2-3-8-17(15)25-18(24-12)11-22-20(27)16-10-23-26-19(16)13-5-4-6-14(21)9-13/h4-6,9-10H,2-3,7-8,11H2,1H3,(H,22,27)(H,23,26). The van der Waals surface area contributed by atoms with E-state index >= 15 is 0 Å². The number of hydrogen-bond acceptors (Lipinski definition) is 4. The van der Waals surface area contributed by atoms with Crippen molar-refractivity contribution >= 4 is 5.91 Å². The van der Waals surface area contributed by atoms with Crippen LogP contribution in [-0.2, 0) is 19.4 Å². The molecule has 27 heavy (non-hydrogen) atoms. The molecule has 2 heterocycles. The lowest BCUT2D eigenvalue weighted by Gasteiger charge is -2.17. The Morgan fingerprint density at radius 2 is 2.11 bits per heavy atom. The molecule has 1 aromatic carbocycles. The van der Waals surface area contributed by atoms with Gasteiger partial charge in [-0.2, -0.15) is 5.10 Å². The first-order valence-corrected chi connectivity index (χ1v) is 9.04. The van der Waals surface area contributed by atoms with Crippen LogP contribution in [0.1, 0.15) is 46.0 Å². The molecular weight excluding hydrogens is 345 g/mol. The second-order valence-corrected chi connectivity index (χ2v) is 6.71. The third-order valence-electron chi connectivity index (χ3n) is 4.84. The van der Waals surface area contributed by atoms with Crippen LogP contribution in [0.4, 0.5) is 4.39 Å². The van der Waals surface area contributed by atoms with E-state index in [1.165, 1.54) is 30.3 Å². The Bertz CT molecular complexity index is 998. The second kappa shape index (κ2) is 7.26. The number of nitrogens with zero attached hydrogens (tertiary/aromatic N) is 3. The number of aromatic amines is 1. The van der Waals surface area contributed by atoms with E-state index in [4.69, 9.17) is 0 Å². The van der Waals surface area contributed by atoms with Crippen LogP contribution in [0.5, 0.6) is 0 Å². The molecule has 0 radical (unpaired) electrons. The fourth-order valence-electron chi connectivity index (χ4n) is 3.50. The van der Waals surface area contributed by atoms with Crippen molar-refractivity contribution in [3.05, 3.63) is 64.6 Å². The fourth-order valence-corrected chi connectivity index (χ4v) is 3.50. The van der Waals surface area contributed by atoms with Gasteiger partial charge in [-0.15, -0.1) is 0 Å². The topological polar surface area (TPSA) is 83.6 Å². The summed E-state index contributed by atoms with van der Waals surface area (Å²) in [5.74, 6) is -0.0642. The van der Waals surface area contributed by atoms with Gasteiger partial charge in [-0.05, 0) is 50.3 Å². The second-order valence-electron chi connectivity index (χ2n) is 6.71. The highest BCUT2D eigenvalue weighted by atomic mass is 19.1. The summed E-state index contributed by atoms with van der Waals surface area (Å²) in [5.41, 5.74) is 4.75. The Morgan fingerprint density at radius 3 is 2.96 bits per heavy atom. The molecule has 2 aromatic heterocycles. The van der Waals surface area contributed by atoms with Gasteiger partial charge in [-0.3, -0.25) is 9.89 Å². The van der Waals surface area contributed by atoms with Crippen LogP contribution in [-0.4, -0.2) is 26.1 Å². The molecule has 138 valence electrons. The molecule has 0 unspecified atom stereocenters. The first-order valence-electron chi connectivity index (χ1n) is 9.04. The molecule has 1 amide bonds. The van der Waals surface area contributed by atoms with Crippen LogP contribution in [0.25, 0.3) is 11.3 Å². The number of amides is 1. The Hall–Kier alpha value is -3.09. The zero-order chi connectivity index (χ0) is 18.8. The average molecular weight is 365 g/mol. The normalized spacial score (nSPS) is 13.3. The summed E-state index contributed by atoms with van der Waals surface area (Å²) in [6.07, 6.45) is 5.75. The number of carbonyl (C=O) groups excluding carboxylic acids is 1. The minimum absolute atomic E-state index is 0.237. The molecule has 1 aliphatic rings. The van der Waals surface area contributed by atoms with Crippen molar-refractivity contribution in [2.24, 2.45) is 0 Å². The number of fused-ring (bicyclic) bond motifs is 1. The Balaban J connectivity index is 1.51. The Kier molecular flexibility index (Phi) is 4.66. The molecule has 0 saturated carbocycles. The maximum atomic E-state index is 13.5. The van der Waals surface area contributed by atoms with Crippen molar-refractivity contribution in [2.75, 3.05) is 0 Å². The molecule has 0 bridgehead atoms. The van der Waals surface area contributed by atoms with Gasteiger partial charge in [0.25, 0.3) is 5.91 Å². The number of nitrogens with one attached hydrogen (secondary N) is 2. The summed E-state index contributed by atoms with van der Waals surface area (Å²) in [7, 11) is 0. The lowest BCUT2D eigenvalue weighted by molar-refractivity contribution is 0.0950. The first-order chi connectivity index (χ1) is 13.1. The van der Waals surface area contributed by atoms with Gasteiger partial charge in [-0.25, -0.2) is 14.4 Å². The van der Waals surface area contributed by atoms with Crippen LogP contribution in [0.2, 0.25) is 0 Å². The number of hydrogen-bond donors (Lipinski definition) is 2. The van der Waals surface area contributed by atoms with Crippen molar-refractivity contribution in [1.29, 1.82) is 0 Å². The largest absolute Gasteiger partial charge is 0.345 e. The van der Waals surface area contributed by atoms with E-state index < -0.39 is 0 Å². The molecular formula is C20H20FN5O. The molecule has 0 aliphatic heterocycles. The maximum Gasteiger partial charge on any atom is 0.255 e. The molecule has 2 N–H and O–H groups in total. The van der Waals surface area contributed by atoms with Crippen molar-refractivity contribution in [3.63, 3.8) is 0 Å². The van der Waals surface area contributed by atoms with Gasteiger partial charge in [0.2, 0.25) is 0 Å². The van der Waals surface area contributed by atoms with Crippen LogP contribution >= 0.6 is 0 Å². The predicted molar refractivity (Wildman–Crippen MR) is 98.6 cm³/mol. The van der Waals surface area contributed by atoms with E-state index in [1.807, 2.05) is 6.92 Å². The highest BCUT2D eigenvalue weighted by molar-refractivity contribution is 5.99. The number of aromatic nitrogens is 4. The number of halogens is 1. The van der Waals surface area contributed by atoms with Gasteiger partial charge in [0.15, 0.2) is 0 Å². The summed E-state index contributed by atoms with van der Waals surface area (Å²) in [6.45, 7) is 2.23. The minimum Gasteiger partial charge on any atom is -0.345 e. The summed E-state index contributed by atoms with van der Waals surface area (Å²) in [5, 5.41) is 9.55. The first kappa shape index (κ1) is 17.3. The Labute approximate surface area is 156 Å². The summed E-state index contributed by atoms with van der Waals surface area (Å²) < 4.78 is 13.5. The fraction of sp³-hybridized carbons (Fsp3) is 0.300. The van der Waals surface area contributed by atoms with E-state index in [9.17, 15) is 9.18 Å². The van der Waals surface area contributed by atoms with E-state index in [0.29, 0.717) is 22.6 Å². The lowest BCUT2D eigenvalue weighted by atomic mass is 9.95. The molecule has 0 spiro atoms. The molecule has 3 aromatic rings. The van der Waals surface area contributed by atoms with Gasteiger partial charge in [0.05, 0.1) is 24.0 Å². The zero-order valence-corrected chi connectivity index (χ0v) is 15.1. The molecule has 0 fully saturated rings. The monoisotopic (exact) mass is 365 g/mol. The number of rotatable bonds is 4. The van der Waals surface area contributed by atoms with Gasteiger partial charge < -0.3 is 5.32 Å². The molecule has 0 atom stereocenters. The number of H-pyrrole nitrogens is 1. The summed E-state index contributed by atoms with van der Waals surface area (Å²) in [4.78, 5) is 21.8. The third-order valence-corrected chi connectivity index (χ3v) is 4.84. The zero-order valence-electron chi connectivity index (χ0n) is 15.1. The number of carbonyl (C=O) groups is 1. The smallest absolute Gasteiger partial charge is 0.255 e. The van der Waals surface area contributed by atoms with E-state index in [-0.39, 0.29) is 18.3 Å². The highest BCUT2D eigenvalue weighted by Gasteiger charge is 2.18. The van der Waals surface area contributed by atoms with Crippen molar-refractivity contribution < 1.29 is 9.18 Å². The van der Waals surface area contributed by atoms with Crippen molar-refractivity contribution in [1.82, 2.24) is 25.5 Å². The summed E-state index contributed by atoms with van der Waals surface area (Å²) >= 11 is 0. The van der Waals surface area contributed by atoms with Crippen LogP contribution < -0.4 is 5.32 Å². The van der Waals surface area contributed by atoms with E-state index in [2.05, 4.69) is 25.5 Å². The van der Waals surface area contributed by atoms with Gasteiger partial charge >= 0.3 is 0 Å². The maximum absolute atomic E-state index is 13.5. The third kappa shape index (κ3) is 3.58. The van der Waals surface area contributed by atoms with E-state index in [0.717, 1.165) is 30.7 Å². The predicted octanol–water partition coefficient (Wildman–Crippen LogP) is 3.12. The van der Waals surface area contributed by atoms with Gasteiger partial charge in [-0.1, -0.05) is 12.1 Å². The van der Waals surface area contributed by atoms with Crippen molar-refractivity contribution in [2.45, 2.75) is 39.2 Å². The molecule has 6 nitrogen and oxygen atoms in total. The van der Waals surface area contributed by atoms with Gasteiger partial charge in [0, 0.05) is 17.0 Å². The molecule has 1 aliphatic carbocycles. The molecule has 7 heteroatoms. The van der Waals surface area contributed by atoms with Crippen LogP contribution in [0.15, 0.2) is 30.5 Å². The highest BCUT2D eigenvalue weighted by Crippen LogP contribution is 2.23.